The summed E-state index contributed by atoms with van der Waals surface area (Å²) in [5.74, 6) is 2.66. The third-order valence-corrected chi connectivity index (χ3v) is 5.80. The highest BCUT2D eigenvalue weighted by Crippen LogP contribution is 2.37. The van der Waals surface area contributed by atoms with Gasteiger partial charge >= 0.3 is 0 Å². The van der Waals surface area contributed by atoms with Crippen molar-refractivity contribution in [1.82, 2.24) is 5.32 Å². The third kappa shape index (κ3) is 4.07. The molecular formula is C15H24BrNS. The molecule has 1 heterocycles. The first-order valence-electron chi connectivity index (χ1n) is 7.14. The topological polar surface area (TPSA) is 12.0 Å². The molecule has 0 saturated heterocycles. The van der Waals surface area contributed by atoms with Gasteiger partial charge in [0.1, 0.15) is 0 Å². The SMILES string of the molecule is CCNCC1CCC(C)CC1Cc1ccc(Br)s1. The fourth-order valence-corrected chi connectivity index (χ4v) is 4.71. The maximum atomic E-state index is 3.57. The minimum absolute atomic E-state index is 0.873. The molecule has 102 valence electrons. The molecule has 1 aromatic heterocycles. The van der Waals surface area contributed by atoms with Gasteiger partial charge in [-0.3, -0.25) is 0 Å². The molecule has 18 heavy (non-hydrogen) atoms. The first kappa shape index (κ1) is 14.5. The Morgan fingerprint density at radius 1 is 1.33 bits per heavy atom. The molecule has 3 heteroatoms. The van der Waals surface area contributed by atoms with Gasteiger partial charge in [-0.1, -0.05) is 20.3 Å². The van der Waals surface area contributed by atoms with Gasteiger partial charge in [0, 0.05) is 4.88 Å². The molecule has 3 unspecified atom stereocenters. The number of nitrogens with one attached hydrogen (secondary N) is 1. The molecule has 3 atom stereocenters. The van der Waals surface area contributed by atoms with Gasteiger partial charge in [-0.25, -0.2) is 0 Å². The summed E-state index contributed by atoms with van der Waals surface area (Å²) >= 11 is 5.48. The van der Waals surface area contributed by atoms with Crippen molar-refractivity contribution in [2.45, 2.75) is 39.5 Å². The van der Waals surface area contributed by atoms with Gasteiger partial charge in [-0.15, -0.1) is 11.3 Å². The van der Waals surface area contributed by atoms with Gasteiger partial charge in [0.15, 0.2) is 0 Å². The number of halogens is 1. The van der Waals surface area contributed by atoms with E-state index < -0.39 is 0 Å². The first-order valence-corrected chi connectivity index (χ1v) is 8.75. The predicted molar refractivity (Wildman–Crippen MR) is 84.3 cm³/mol. The van der Waals surface area contributed by atoms with E-state index in [4.69, 9.17) is 0 Å². The Bertz CT molecular complexity index is 361. The average Bonchev–Trinajstić information content (AvgIpc) is 2.74. The smallest absolute Gasteiger partial charge is 0.0701 e. The maximum absolute atomic E-state index is 3.57. The van der Waals surface area contributed by atoms with E-state index in [0.717, 1.165) is 24.3 Å². The van der Waals surface area contributed by atoms with Crippen LogP contribution in [-0.2, 0) is 6.42 Å². The highest BCUT2D eigenvalue weighted by Gasteiger charge is 2.28. The van der Waals surface area contributed by atoms with Crippen LogP contribution in [0.3, 0.4) is 0 Å². The minimum Gasteiger partial charge on any atom is -0.317 e. The zero-order valence-electron chi connectivity index (χ0n) is 11.4. The Labute approximate surface area is 123 Å². The van der Waals surface area contributed by atoms with Gasteiger partial charge in [-0.05, 0) is 78.2 Å². The van der Waals surface area contributed by atoms with Crippen molar-refractivity contribution in [1.29, 1.82) is 0 Å². The zero-order valence-corrected chi connectivity index (χ0v) is 13.8. The molecular weight excluding hydrogens is 306 g/mol. The second kappa shape index (κ2) is 7.06. The Morgan fingerprint density at radius 3 is 2.83 bits per heavy atom. The number of hydrogen-bond donors (Lipinski definition) is 1. The molecule has 0 amide bonds. The van der Waals surface area contributed by atoms with E-state index in [9.17, 15) is 0 Å². The summed E-state index contributed by atoms with van der Waals surface area (Å²) in [5.41, 5.74) is 0. The normalized spacial score (nSPS) is 28.5. The van der Waals surface area contributed by atoms with Crippen molar-refractivity contribution >= 4 is 27.3 Å². The molecule has 1 aliphatic carbocycles. The summed E-state index contributed by atoms with van der Waals surface area (Å²) in [6, 6.07) is 4.48. The summed E-state index contributed by atoms with van der Waals surface area (Å²) in [5, 5.41) is 3.55. The zero-order chi connectivity index (χ0) is 13.0. The van der Waals surface area contributed by atoms with Gasteiger partial charge < -0.3 is 5.32 Å². The molecule has 1 N–H and O–H groups in total. The van der Waals surface area contributed by atoms with E-state index in [1.165, 1.54) is 36.0 Å². The summed E-state index contributed by atoms with van der Waals surface area (Å²) in [6.45, 7) is 6.93. The largest absolute Gasteiger partial charge is 0.317 e. The highest BCUT2D eigenvalue weighted by molar-refractivity contribution is 9.11. The molecule has 1 fully saturated rings. The van der Waals surface area contributed by atoms with E-state index in [0.29, 0.717) is 0 Å². The lowest BCUT2D eigenvalue weighted by molar-refractivity contribution is 0.185. The fourth-order valence-electron chi connectivity index (χ4n) is 3.13. The lowest BCUT2D eigenvalue weighted by Crippen LogP contribution is -2.33. The van der Waals surface area contributed by atoms with Crippen LogP contribution < -0.4 is 5.32 Å². The Morgan fingerprint density at radius 2 is 2.17 bits per heavy atom. The Hall–Kier alpha value is 0.140. The van der Waals surface area contributed by atoms with E-state index in [1.54, 1.807) is 4.88 Å². The minimum atomic E-state index is 0.873. The standard InChI is InChI=1S/C15H24BrNS/c1-3-17-10-12-5-4-11(2)8-13(12)9-14-6-7-15(16)18-14/h6-7,11-13,17H,3-5,8-10H2,1-2H3. The van der Waals surface area contributed by atoms with Gasteiger partial charge in [0.05, 0.1) is 3.79 Å². The van der Waals surface area contributed by atoms with Crippen molar-refractivity contribution in [2.75, 3.05) is 13.1 Å². The highest BCUT2D eigenvalue weighted by atomic mass is 79.9. The van der Waals surface area contributed by atoms with Gasteiger partial charge in [-0.2, -0.15) is 0 Å². The van der Waals surface area contributed by atoms with Crippen LogP contribution in [0.1, 0.15) is 38.0 Å². The lowest BCUT2D eigenvalue weighted by atomic mass is 9.73. The lowest BCUT2D eigenvalue weighted by Gasteiger charge is -2.35. The Kier molecular flexibility index (Phi) is 5.71. The second-order valence-electron chi connectivity index (χ2n) is 5.66. The first-order chi connectivity index (χ1) is 8.69. The monoisotopic (exact) mass is 329 g/mol. The molecule has 0 aliphatic heterocycles. The van der Waals surface area contributed by atoms with E-state index >= 15 is 0 Å². The number of thiophene rings is 1. The van der Waals surface area contributed by atoms with E-state index in [1.807, 2.05) is 11.3 Å². The van der Waals surface area contributed by atoms with Crippen LogP contribution in [0.15, 0.2) is 15.9 Å². The molecule has 1 aliphatic rings. The van der Waals surface area contributed by atoms with E-state index in [-0.39, 0.29) is 0 Å². The molecule has 0 bridgehead atoms. The summed E-state index contributed by atoms with van der Waals surface area (Å²) in [7, 11) is 0. The fraction of sp³-hybridized carbons (Fsp3) is 0.733. The van der Waals surface area contributed by atoms with Crippen LogP contribution in [-0.4, -0.2) is 13.1 Å². The van der Waals surface area contributed by atoms with Crippen LogP contribution in [0.25, 0.3) is 0 Å². The van der Waals surface area contributed by atoms with Crippen LogP contribution in [0.4, 0.5) is 0 Å². The molecule has 0 aromatic carbocycles. The van der Waals surface area contributed by atoms with Crippen LogP contribution in [0.2, 0.25) is 0 Å². The summed E-state index contributed by atoms with van der Waals surface area (Å²) in [6.07, 6.45) is 5.51. The van der Waals surface area contributed by atoms with Gasteiger partial charge in [0.25, 0.3) is 0 Å². The summed E-state index contributed by atoms with van der Waals surface area (Å²) in [4.78, 5) is 1.54. The molecule has 2 rings (SSSR count). The van der Waals surface area contributed by atoms with Crippen molar-refractivity contribution in [3.8, 4) is 0 Å². The van der Waals surface area contributed by atoms with Crippen LogP contribution in [0, 0.1) is 17.8 Å². The molecule has 1 aromatic rings. The van der Waals surface area contributed by atoms with Crippen molar-refractivity contribution in [3.05, 3.63) is 20.8 Å². The summed E-state index contributed by atoms with van der Waals surface area (Å²) < 4.78 is 1.27. The van der Waals surface area contributed by atoms with Gasteiger partial charge in [0.2, 0.25) is 0 Å². The van der Waals surface area contributed by atoms with Crippen molar-refractivity contribution < 1.29 is 0 Å². The molecule has 1 nitrogen and oxygen atoms in total. The quantitative estimate of drug-likeness (QED) is 0.824. The average molecular weight is 330 g/mol. The van der Waals surface area contributed by atoms with Crippen molar-refractivity contribution in [3.63, 3.8) is 0 Å². The molecule has 0 radical (unpaired) electrons. The van der Waals surface area contributed by atoms with Crippen LogP contribution >= 0.6 is 27.3 Å². The van der Waals surface area contributed by atoms with Crippen molar-refractivity contribution in [2.24, 2.45) is 17.8 Å². The predicted octanol–water partition coefficient (Wildman–Crippen LogP) is 4.72. The molecule has 0 spiro atoms. The molecule has 1 saturated carbocycles. The Balaban J connectivity index is 1.96. The maximum Gasteiger partial charge on any atom is 0.0701 e. The third-order valence-electron chi connectivity index (χ3n) is 4.15. The number of hydrogen-bond acceptors (Lipinski definition) is 2. The number of rotatable bonds is 5. The second-order valence-corrected chi connectivity index (χ2v) is 8.20. The van der Waals surface area contributed by atoms with E-state index in [2.05, 4.69) is 47.2 Å². The van der Waals surface area contributed by atoms with Crippen LogP contribution in [0.5, 0.6) is 0 Å².